The lowest BCUT2D eigenvalue weighted by Crippen LogP contribution is -2.35. The Morgan fingerprint density at radius 1 is 1.44 bits per heavy atom. The number of benzene rings is 1. The van der Waals surface area contributed by atoms with E-state index in [1.807, 2.05) is 37.3 Å². The lowest BCUT2D eigenvalue weighted by Gasteiger charge is -2.08. The quantitative estimate of drug-likeness (QED) is 0.752. The monoisotopic (exact) mass is 222 g/mol. The molecule has 0 aliphatic carbocycles. The van der Waals surface area contributed by atoms with Gasteiger partial charge in [-0.2, -0.15) is 0 Å². The van der Waals surface area contributed by atoms with Crippen LogP contribution in [0.2, 0.25) is 0 Å². The number of hydrogen-bond donors (Lipinski definition) is 2. The first-order valence-corrected chi connectivity index (χ1v) is 5.38. The first kappa shape index (κ1) is 12.5. The van der Waals surface area contributed by atoms with E-state index in [1.54, 1.807) is 0 Å². The molecule has 3 N–H and O–H groups in total. The Hall–Kier alpha value is -1.55. The van der Waals surface area contributed by atoms with E-state index in [1.165, 1.54) is 0 Å². The molecule has 0 spiro atoms. The largest absolute Gasteiger partial charge is 0.493 e. The van der Waals surface area contributed by atoms with Gasteiger partial charge in [0.15, 0.2) is 0 Å². The summed E-state index contributed by atoms with van der Waals surface area (Å²) >= 11 is 0. The number of carbonyl (C=O) groups is 1. The number of rotatable bonds is 6. The van der Waals surface area contributed by atoms with Crippen molar-refractivity contribution in [3.8, 4) is 5.75 Å². The number of nitrogens with one attached hydrogen (secondary N) is 1. The molecular weight excluding hydrogens is 204 g/mol. The SMILES string of the molecule is CC(N)CNC(=O)CCOc1ccccc1. The Morgan fingerprint density at radius 3 is 2.75 bits per heavy atom. The molecule has 0 saturated heterocycles. The maximum absolute atomic E-state index is 11.3. The van der Waals surface area contributed by atoms with E-state index in [2.05, 4.69) is 5.32 Å². The Balaban J connectivity index is 2.13. The van der Waals surface area contributed by atoms with Gasteiger partial charge in [-0.1, -0.05) is 18.2 Å². The average molecular weight is 222 g/mol. The third kappa shape index (κ3) is 5.36. The first-order valence-electron chi connectivity index (χ1n) is 5.38. The van der Waals surface area contributed by atoms with Gasteiger partial charge < -0.3 is 15.8 Å². The van der Waals surface area contributed by atoms with E-state index in [0.717, 1.165) is 5.75 Å². The van der Waals surface area contributed by atoms with E-state index in [-0.39, 0.29) is 11.9 Å². The van der Waals surface area contributed by atoms with Crippen molar-refractivity contribution in [2.24, 2.45) is 5.73 Å². The Labute approximate surface area is 95.8 Å². The molecular formula is C12H18N2O2. The van der Waals surface area contributed by atoms with Gasteiger partial charge >= 0.3 is 0 Å². The first-order chi connectivity index (χ1) is 7.68. The number of amides is 1. The molecule has 1 unspecified atom stereocenters. The zero-order valence-corrected chi connectivity index (χ0v) is 9.48. The summed E-state index contributed by atoms with van der Waals surface area (Å²) in [5.74, 6) is 0.746. The van der Waals surface area contributed by atoms with Gasteiger partial charge in [0.2, 0.25) is 5.91 Å². The van der Waals surface area contributed by atoms with Crippen molar-refractivity contribution >= 4 is 5.91 Å². The minimum Gasteiger partial charge on any atom is -0.493 e. The van der Waals surface area contributed by atoms with Gasteiger partial charge in [0.1, 0.15) is 5.75 Å². The highest BCUT2D eigenvalue weighted by Gasteiger charge is 2.02. The molecule has 0 heterocycles. The predicted molar refractivity (Wildman–Crippen MR) is 63.2 cm³/mol. The topological polar surface area (TPSA) is 64.3 Å². The molecule has 0 aromatic heterocycles. The molecule has 1 aromatic carbocycles. The predicted octanol–water partition coefficient (Wildman–Crippen LogP) is 0.919. The highest BCUT2D eigenvalue weighted by atomic mass is 16.5. The van der Waals surface area contributed by atoms with Crippen LogP contribution in [0.3, 0.4) is 0 Å². The molecule has 1 atom stereocenters. The van der Waals surface area contributed by atoms with Crippen molar-refractivity contribution in [1.82, 2.24) is 5.32 Å². The Bertz CT molecular complexity index is 312. The van der Waals surface area contributed by atoms with Crippen molar-refractivity contribution in [1.29, 1.82) is 0 Å². The molecule has 4 nitrogen and oxygen atoms in total. The fraction of sp³-hybridized carbons (Fsp3) is 0.417. The second-order valence-electron chi connectivity index (χ2n) is 3.69. The zero-order valence-electron chi connectivity index (χ0n) is 9.48. The minimum absolute atomic E-state index is 0.0148. The highest BCUT2D eigenvalue weighted by Crippen LogP contribution is 2.08. The molecule has 1 rings (SSSR count). The van der Waals surface area contributed by atoms with Gasteiger partial charge in [-0.25, -0.2) is 0 Å². The van der Waals surface area contributed by atoms with Crippen LogP contribution in [0.1, 0.15) is 13.3 Å². The molecule has 1 aromatic rings. The van der Waals surface area contributed by atoms with Crippen LogP contribution in [0, 0.1) is 0 Å². The lowest BCUT2D eigenvalue weighted by atomic mass is 10.3. The fourth-order valence-corrected chi connectivity index (χ4v) is 1.14. The molecule has 0 saturated carbocycles. The number of para-hydroxylation sites is 1. The molecule has 88 valence electrons. The van der Waals surface area contributed by atoms with Gasteiger partial charge in [0.05, 0.1) is 13.0 Å². The van der Waals surface area contributed by atoms with Crippen molar-refractivity contribution in [2.45, 2.75) is 19.4 Å². The summed E-state index contributed by atoms with van der Waals surface area (Å²) in [6.45, 7) is 2.74. The lowest BCUT2D eigenvalue weighted by molar-refractivity contribution is -0.121. The third-order valence-electron chi connectivity index (χ3n) is 1.96. The summed E-state index contributed by atoms with van der Waals surface area (Å²) in [5.41, 5.74) is 5.51. The van der Waals surface area contributed by atoms with Crippen LogP contribution in [-0.4, -0.2) is 25.1 Å². The summed E-state index contributed by atoms with van der Waals surface area (Å²) in [6.07, 6.45) is 0.349. The van der Waals surface area contributed by atoms with E-state index in [9.17, 15) is 4.79 Å². The van der Waals surface area contributed by atoms with Crippen LogP contribution in [-0.2, 0) is 4.79 Å². The number of nitrogens with two attached hydrogens (primary N) is 1. The van der Waals surface area contributed by atoms with Crippen molar-refractivity contribution < 1.29 is 9.53 Å². The van der Waals surface area contributed by atoms with Gasteiger partial charge in [-0.05, 0) is 19.1 Å². The average Bonchev–Trinajstić information content (AvgIpc) is 2.28. The van der Waals surface area contributed by atoms with E-state index >= 15 is 0 Å². The van der Waals surface area contributed by atoms with Crippen LogP contribution in [0.15, 0.2) is 30.3 Å². The van der Waals surface area contributed by atoms with Crippen LogP contribution in [0.25, 0.3) is 0 Å². The van der Waals surface area contributed by atoms with Gasteiger partial charge in [0, 0.05) is 12.6 Å². The summed E-state index contributed by atoms with van der Waals surface area (Å²) < 4.78 is 5.39. The molecule has 0 fully saturated rings. The van der Waals surface area contributed by atoms with Gasteiger partial charge in [-0.3, -0.25) is 4.79 Å². The van der Waals surface area contributed by atoms with Crippen LogP contribution < -0.4 is 15.8 Å². The normalized spacial score (nSPS) is 11.9. The van der Waals surface area contributed by atoms with E-state index in [4.69, 9.17) is 10.5 Å². The summed E-state index contributed by atoms with van der Waals surface area (Å²) in [4.78, 5) is 11.3. The molecule has 0 aliphatic heterocycles. The summed E-state index contributed by atoms with van der Waals surface area (Å²) in [5, 5.41) is 2.72. The molecule has 0 aliphatic rings. The van der Waals surface area contributed by atoms with E-state index < -0.39 is 0 Å². The fourth-order valence-electron chi connectivity index (χ4n) is 1.14. The van der Waals surface area contributed by atoms with Crippen LogP contribution in [0.4, 0.5) is 0 Å². The molecule has 16 heavy (non-hydrogen) atoms. The molecule has 0 radical (unpaired) electrons. The maximum atomic E-state index is 11.3. The van der Waals surface area contributed by atoms with Crippen molar-refractivity contribution in [3.05, 3.63) is 30.3 Å². The van der Waals surface area contributed by atoms with Gasteiger partial charge in [0.25, 0.3) is 0 Å². The third-order valence-corrected chi connectivity index (χ3v) is 1.96. The number of ether oxygens (including phenoxy) is 1. The second-order valence-corrected chi connectivity index (χ2v) is 3.69. The maximum Gasteiger partial charge on any atom is 0.223 e. The minimum atomic E-state index is -0.0340. The summed E-state index contributed by atoms with van der Waals surface area (Å²) in [6, 6.07) is 9.41. The van der Waals surface area contributed by atoms with Crippen molar-refractivity contribution in [3.63, 3.8) is 0 Å². The smallest absolute Gasteiger partial charge is 0.223 e. The Morgan fingerprint density at radius 2 is 2.12 bits per heavy atom. The van der Waals surface area contributed by atoms with Gasteiger partial charge in [-0.15, -0.1) is 0 Å². The van der Waals surface area contributed by atoms with Crippen LogP contribution >= 0.6 is 0 Å². The van der Waals surface area contributed by atoms with E-state index in [0.29, 0.717) is 19.6 Å². The standard InChI is InChI=1S/C12H18N2O2/c1-10(13)9-14-12(15)7-8-16-11-5-3-2-4-6-11/h2-6,10H,7-9,13H2,1H3,(H,14,15). The Kier molecular flexibility index (Phi) is 5.36. The number of carbonyl (C=O) groups excluding carboxylic acids is 1. The van der Waals surface area contributed by atoms with Crippen LogP contribution in [0.5, 0.6) is 5.75 Å². The number of hydrogen-bond acceptors (Lipinski definition) is 3. The molecule has 1 amide bonds. The van der Waals surface area contributed by atoms with Crippen molar-refractivity contribution in [2.75, 3.05) is 13.2 Å². The summed E-state index contributed by atoms with van der Waals surface area (Å²) in [7, 11) is 0. The zero-order chi connectivity index (χ0) is 11.8. The molecule has 0 bridgehead atoms. The molecule has 4 heteroatoms. The second kappa shape index (κ2) is 6.85. The highest BCUT2D eigenvalue weighted by molar-refractivity contribution is 5.76.